The van der Waals surface area contributed by atoms with Gasteiger partial charge in [-0.3, -0.25) is 4.99 Å². The Hall–Kier alpha value is -2.16. The summed E-state index contributed by atoms with van der Waals surface area (Å²) in [6.45, 7) is 2.59. The SMILES string of the molecule is CN=C(NCCc1ccc2c(c1)CCO2)NCc1ccc2c(c1)OCO2.I. The first kappa shape index (κ1) is 19.6. The molecule has 0 atom stereocenters. The quantitative estimate of drug-likeness (QED) is 0.391. The zero-order valence-corrected chi connectivity index (χ0v) is 17.6. The van der Waals surface area contributed by atoms with Crippen molar-refractivity contribution in [3.8, 4) is 17.2 Å². The van der Waals surface area contributed by atoms with Crippen molar-refractivity contribution in [1.82, 2.24) is 10.6 Å². The molecule has 2 aromatic carbocycles. The number of guanidine groups is 1. The van der Waals surface area contributed by atoms with Gasteiger partial charge >= 0.3 is 0 Å². The molecule has 2 aliphatic heterocycles. The van der Waals surface area contributed by atoms with Crippen LogP contribution in [0.3, 0.4) is 0 Å². The van der Waals surface area contributed by atoms with Crippen molar-refractivity contribution in [1.29, 1.82) is 0 Å². The Morgan fingerprint density at radius 3 is 2.67 bits per heavy atom. The van der Waals surface area contributed by atoms with Crippen molar-refractivity contribution in [2.45, 2.75) is 19.4 Å². The van der Waals surface area contributed by atoms with E-state index in [4.69, 9.17) is 14.2 Å². The molecule has 2 aromatic rings. The van der Waals surface area contributed by atoms with Gasteiger partial charge in [0.1, 0.15) is 5.75 Å². The Balaban J connectivity index is 0.00000210. The number of fused-ring (bicyclic) bond motifs is 2. The summed E-state index contributed by atoms with van der Waals surface area (Å²) < 4.78 is 16.3. The fourth-order valence-electron chi connectivity index (χ4n) is 3.18. The lowest BCUT2D eigenvalue weighted by molar-refractivity contribution is 0.174. The second-order valence-electron chi connectivity index (χ2n) is 6.33. The average molecular weight is 481 g/mol. The molecule has 0 saturated carbocycles. The van der Waals surface area contributed by atoms with E-state index in [1.165, 1.54) is 11.1 Å². The molecule has 0 aliphatic carbocycles. The summed E-state index contributed by atoms with van der Waals surface area (Å²) in [5.74, 6) is 3.42. The maximum atomic E-state index is 5.55. The summed E-state index contributed by atoms with van der Waals surface area (Å²) in [6, 6.07) is 12.4. The number of benzene rings is 2. The van der Waals surface area contributed by atoms with E-state index >= 15 is 0 Å². The van der Waals surface area contributed by atoms with E-state index in [0.29, 0.717) is 13.3 Å². The van der Waals surface area contributed by atoms with Crippen molar-refractivity contribution >= 4 is 29.9 Å². The molecule has 0 radical (unpaired) electrons. The molecule has 2 aliphatic rings. The summed E-state index contributed by atoms with van der Waals surface area (Å²) in [7, 11) is 1.78. The summed E-state index contributed by atoms with van der Waals surface area (Å²) in [5.41, 5.74) is 3.75. The molecule has 0 amide bonds. The fourth-order valence-corrected chi connectivity index (χ4v) is 3.18. The molecule has 27 heavy (non-hydrogen) atoms. The zero-order valence-electron chi connectivity index (χ0n) is 15.3. The van der Waals surface area contributed by atoms with Gasteiger partial charge in [0.15, 0.2) is 17.5 Å². The highest BCUT2D eigenvalue weighted by Gasteiger charge is 2.13. The number of halogens is 1. The van der Waals surface area contributed by atoms with Gasteiger partial charge in [0.25, 0.3) is 0 Å². The molecule has 2 N–H and O–H groups in total. The Morgan fingerprint density at radius 1 is 0.963 bits per heavy atom. The minimum absolute atomic E-state index is 0. The van der Waals surface area contributed by atoms with E-state index in [9.17, 15) is 0 Å². The van der Waals surface area contributed by atoms with E-state index in [0.717, 1.165) is 54.8 Å². The highest BCUT2D eigenvalue weighted by molar-refractivity contribution is 14.0. The first-order chi connectivity index (χ1) is 12.8. The Kier molecular flexibility index (Phi) is 6.65. The van der Waals surface area contributed by atoms with Crippen LogP contribution in [-0.2, 0) is 19.4 Å². The fraction of sp³-hybridized carbons (Fsp3) is 0.350. The minimum atomic E-state index is 0. The second-order valence-corrected chi connectivity index (χ2v) is 6.33. The zero-order chi connectivity index (χ0) is 17.8. The molecule has 4 rings (SSSR count). The Labute approximate surface area is 176 Å². The van der Waals surface area contributed by atoms with Crippen LogP contribution in [0.1, 0.15) is 16.7 Å². The molecule has 0 unspecified atom stereocenters. The van der Waals surface area contributed by atoms with Gasteiger partial charge in [0.05, 0.1) is 6.61 Å². The number of nitrogens with one attached hydrogen (secondary N) is 2. The standard InChI is InChI=1S/C20H23N3O3.HI/c1-21-20(23-12-15-3-5-18-19(11-15)26-13-25-18)22-8-6-14-2-4-17-16(10-14)7-9-24-17;/h2-5,10-11H,6-9,12-13H2,1H3,(H2,21,22,23);1H. The number of hydrogen-bond donors (Lipinski definition) is 2. The van der Waals surface area contributed by atoms with Crippen LogP contribution in [0, 0.1) is 0 Å². The molecule has 0 bridgehead atoms. The summed E-state index contributed by atoms with van der Waals surface area (Å²) in [6.07, 6.45) is 1.95. The molecule has 0 saturated heterocycles. The van der Waals surface area contributed by atoms with Gasteiger partial charge in [-0.05, 0) is 41.3 Å². The number of ether oxygens (including phenoxy) is 3. The third-order valence-corrected chi connectivity index (χ3v) is 4.58. The lowest BCUT2D eigenvalue weighted by Gasteiger charge is -2.12. The van der Waals surface area contributed by atoms with Gasteiger partial charge in [-0.15, -0.1) is 24.0 Å². The molecular formula is C20H24IN3O3. The maximum absolute atomic E-state index is 5.55. The lowest BCUT2D eigenvalue weighted by Crippen LogP contribution is -2.37. The summed E-state index contributed by atoms with van der Waals surface area (Å²) >= 11 is 0. The first-order valence-electron chi connectivity index (χ1n) is 8.89. The van der Waals surface area contributed by atoms with Crippen LogP contribution in [-0.4, -0.2) is 33.0 Å². The van der Waals surface area contributed by atoms with Crippen LogP contribution in [0.15, 0.2) is 41.4 Å². The van der Waals surface area contributed by atoms with Crippen molar-refractivity contribution < 1.29 is 14.2 Å². The third kappa shape index (κ3) is 4.77. The topological polar surface area (TPSA) is 64.1 Å². The Bertz CT molecular complexity index is 826. The molecule has 6 nitrogen and oxygen atoms in total. The predicted molar refractivity (Wildman–Crippen MR) is 116 cm³/mol. The van der Waals surface area contributed by atoms with Gasteiger partial charge in [-0.1, -0.05) is 18.2 Å². The highest BCUT2D eigenvalue weighted by atomic mass is 127. The van der Waals surface area contributed by atoms with E-state index < -0.39 is 0 Å². The van der Waals surface area contributed by atoms with Gasteiger partial charge in [0.2, 0.25) is 6.79 Å². The summed E-state index contributed by atoms with van der Waals surface area (Å²) in [5, 5.41) is 6.69. The first-order valence-corrected chi connectivity index (χ1v) is 8.89. The van der Waals surface area contributed by atoms with Gasteiger partial charge in [-0.2, -0.15) is 0 Å². The maximum Gasteiger partial charge on any atom is 0.231 e. The van der Waals surface area contributed by atoms with Crippen LogP contribution in [0.4, 0.5) is 0 Å². The van der Waals surface area contributed by atoms with Crippen LogP contribution in [0.25, 0.3) is 0 Å². The van der Waals surface area contributed by atoms with E-state index in [2.05, 4.69) is 33.8 Å². The molecule has 0 fully saturated rings. The molecule has 7 heteroatoms. The number of rotatable bonds is 5. The second kappa shape index (κ2) is 9.16. The Morgan fingerprint density at radius 2 is 1.78 bits per heavy atom. The van der Waals surface area contributed by atoms with Gasteiger partial charge in [-0.25, -0.2) is 0 Å². The van der Waals surface area contributed by atoms with Crippen molar-refractivity contribution in [2.75, 3.05) is 27.0 Å². The molecular weight excluding hydrogens is 457 g/mol. The molecule has 144 valence electrons. The van der Waals surface area contributed by atoms with E-state index in [1.54, 1.807) is 7.05 Å². The van der Waals surface area contributed by atoms with Crippen molar-refractivity contribution in [3.63, 3.8) is 0 Å². The lowest BCUT2D eigenvalue weighted by atomic mass is 10.1. The molecule has 0 spiro atoms. The average Bonchev–Trinajstić information content (AvgIpc) is 3.32. The van der Waals surface area contributed by atoms with Crippen LogP contribution < -0.4 is 24.8 Å². The number of aliphatic imine (C=N–C) groups is 1. The monoisotopic (exact) mass is 481 g/mol. The highest BCUT2D eigenvalue weighted by Crippen LogP contribution is 2.32. The smallest absolute Gasteiger partial charge is 0.231 e. The third-order valence-electron chi connectivity index (χ3n) is 4.58. The minimum Gasteiger partial charge on any atom is -0.493 e. The van der Waals surface area contributed by atoms with Gasteiger partial charge in [0, 0.05) is 26.6 Å². The van der Waals surface area contributed by atoms with Crippen LogP contribution >= 0.6 is 24.0 Å². The summed E-state index contributed by atoms with van der Waals surface area (Å²) in [4.78, 5) is 4.28. The van der Waals surface area contributed by atoms with Gasteiger partial charge < -0.3 is 24.8 Å². The normalized spacial score (nSPS) is 14.2. The van der Waals surface area contributed by atoms with Crippen molar-refractivity contribution in [2.24, 2.45) is 4.99 Å². The van der Waals surface area contributed by atoms with Crippen LogP contribution in [0.5, 0.6) is 17.2 Å². The predicted octanol–water partition coefficient (Wildman–Crippen LogP) is 2.88. The molecule has 0 aromatic heterocycles. The number of hydrogen-bond acceptors (Lipinski definition) is 4. The van der Waals surface area contributed by atoms with Crippen molar-refractivity contribution in [3.05, 3.63) is 53.1 Å². The molecule has 2 heterocycles. The van der Waals surface area contributed by atoms with E-state index in [-0.39, 0.29) is 24.0 Å². The van der Waals surface area contributed by atoms with Crippen LogP contribution in [0.2, 0.25) is 0 Å². The largest absolute Gasteiger partial charge is 0.493 e. The van der Waals surface area contributed by atoms with E-state index in [1.807, 2.05) is 18.2 Å². The number of nitrogens with zero attached hydrogens (tertiary/aromatic N) is 1.